The van der Waals surface area contributed by atoms with Crippen LogP contribution in [0.1, 0.15) is 11.6 Å². The minimum atomic E-state index is -1.25. The number of hydrogen-bond donors (Lipinski definition) is 2. The summed E-state index contributed by atoms with van der Waals surface area (Å²) in [5, 5.41) is 8.72. The summed E-state index contributed by atoms with van der Waals surface area (Å²) in [6, 6.07) is 1.13. The third-order valence-corrected chi connectivity index (χ3v) is 2.10. The van der Waals surface area contributed by atoms with E-state index in [-0.39, 0.29) is 23.9 Å². The van der Waals surface area contributed by atoms with Gasteiger partial charge in [-0.1, -0.05) is 0 Å². The van der Waals surface area contributed by atoms with Crippen molar-refractivity contribution in [1.29, 1.82) is 0 Å². The fraction of sp³-hybridized carbons (Fsp3) is 0.222. The van der Waals surface area contributed by atoms with E-state index in [0.29, 0.717) is 0 Å². The van der Waals surface area contributed by atoms with E-state index >= 15 is 0 Å². The number of carboxylic acid groups (broad SMARTS) is 1. The van der Waals surface area contributed by atoms with Crippen LogP contribution in [0.5, 0.6) is 11.5 Å². The number of fused-ring (bicyclic) bond motifs is 1. The summed E-state index contributed by atoms with van der Waals surface area (Å²) in [6.45, 7) is -0.129. The van der Waals surface area contributed by atoms with Crippen LogP contribution in [0.4, 0.5) is 4.39 Å². The van der Waals surface area contributed by atoms with Crippen LogP contribution in [0.15, 0.2) is 12.1 Å². The van der Waals surface area contributed by atoms with Crippen LogP contribution in [-0.4, -0.2) is 17.9 Å². The number of rotatable bonds is 2. The van der Waals surface area contributed by atoms with E-state index in [4.69, 9.17) is 20.3 Å². The smallest absolute Gasteiger partial charge is 0.325 e. The normalized spacial score (nSPS) is 15.1. The van der Waals surface area contributed by atoms with Gasteiger partial charge in [0.2, 0.25) is 12.5 Å². The van der Waals surface area contributed by atoms with Crippen molar-refractivity contribution in [3.8, 4) is 11.5 Å². The van der Waals surface area contributed by atoms with Crippen molar-refractivity contribution in [2.24, 2.45) is 5.73 Å². The van der Waals surface area contributed by atoms with E-state index in [0.717, 1.165) is 6.07 Å². The minimum absolute atomic E-state index is 0.0740. The first kappa shape index (κ1) is 9.72. The van der Waals surface area contributed by atoms with Gasteiger partial charge >= 0.3 is 5.97 Å². The van der Waals surface area contributed by atoms with Crippen LogP contribution in [0.2, 0.25) is 0 Å². The molecule has 1 unspecified atom stereocenters. The van der Waals surface area contributed by atoms with Crippen molar-refractivity contribution in [1.82, 2.24) is 0 Å². The third kappa shape index (κ3) is 1.48. The van der Waals surface area contributed by atoms with Crippen molar-refractivity contribution >= 4 is 5.97 Å². The largest absolute Gasteiger partial charge is 0.480 e. The van der Waals surface area contributed by atoms with Gasteiger partial charge in [0, 0.05) is 5.56 Å². The predicted molar refractivity (Wildman–Crippen MR) is 47.1 cm³/mol. The zero-order chi connectivity index (χ0) is 11.0. The Morgan fingerprint density at radius 1 is 1.47 bits per heavy atom. The summed E-state index contributed by atoms with van der Waals surface area (Å²) in [7, 11) is 0. The lowest BCUT2D eigenvalue weighted by Crippen LogP contribution is -2.21. The van der Waals surface area contributed by atoms with Gasteiger partial charge in [-0.15, -0.1) is 0 Å². The molecule has 2 rings (SSSR count). The summed E-state index contributed by atoms with van der Waals surface area (Å²) in [4.78, 5) is 10.7. The van der Waals surface area contributed by atoms with E-state index in [1.54, 1.807) is 0 Å². The summed E-state index contributed by atoms with van der Waals surface area (Å²) < 4.78 is 23.0. The Bertz CT molecular complexity index is 421. The first-order valence-electron chi connectivity index (χ1n) is 4.17. The number of carboxylic acids is 1. The molecule has 1 aromatic carbocycles. The van der Waals surface area contributed by atoms with Gasteiger partial charge in [0.05, 0.1) is 0 Å². The van der Waals surface area contributed by atoms with Crippen LogP contribution in [0.25, 0.3) is 0 Å². The minimum Gasteiger partial charge on any atom is -0.480 e. The zero-order valence-electron chi connectivity index (χ0n) is 7.57. The molecule has 1 heterocycles. The Morgan fingerprint density at radius 2 is 2.13 bits per heavy atom. The van der Waals surface area contributed by atoms with Gasteiger partial charge in [-0.25, -0.2) is 4.39 Å². The Balaban J connectivity index is 2.50. The lowest BCUT2D eigenvalue weighted by molar-refractivity contribution is -0.138. The maximum Gasteiger partial charge on any atom is 0.325 e. The Kier molecular flexibility index (Phi) is 2.20. The molecule has 1 aliphatic rings. The lowest BCUT2D eigenvalue weighted by atomic mass is 10.1. The van der Waals surface area contributed by atoms with Crippen molar-refractivity contribution in [2.75, 3.05) is 6.79 Å². The molecular weight excluding hydrogens is 205 g/mol. The average molecular weight is 213 g/mol. The maximum absolute atomic E-state index is 13.1. The van der Waals surface area contributed by atoms with Gasteiger partial charge in [0.15, 0.2) is 11.6 Å². The second-order valence-corrected chi connectivity index (χ2v) is 3.02. The van der Waals surface area contributed by atoms with Crippen molar-refractivity contribution in [2.45, 2.75) is 6.04 Å². The predicted octanol–water partition coefficient (Wildman–Crippen LogP) is 0.639. The molecule has 0 spiro atoms. The highest BCUT2D eigenvalue weighted by Gasteiger charge is 2.27. The van der Waals surface area contributed by atoms with Crippen LogP contribution in [0.3, 0.4) is 0 Å². The number of halogens is 1. The Morgan fingerprint density at radius 3 is 2.80 bits per heavy atom. The summed E-state index contributed by atoms with van der Waals surface area (Å²) in [5.74, 6) is -1.81. The zero-order valence-corrected chi connectivity index (χ0v) is 7.57. The van der Waals surface area contributed by atoms with Gasteiger partial charge in [0.25, 0.3) is 0 Å². The molecular formula is C9H8FNO4. The maximum atomic E-state index is 13.1. The van der Waals surface area contributed by atoms with Crippen LogP contribution < -0.4 is 15.2 Å². The van der Waals surface area contributed by atoms with E-state index in [1.165, 1.54) is 6.07 Å². The molecule has 0 radical (unpaired) electrons. The molecule has 15 heavy (non-hydrogen) atoms. The van der Waals surface area contributed by atoms with Crippen molar-refractivity contribution in [3.63, 3.8) is 0 Å². The third-order valence-electron chi connectivity index (χ3n) is 2.10. The summed E-state index contributed by atoms with van der Waals surface area (Å²) in [6.07, 6.45) is 0. The number of aliphatic carboxylic acids is 1. The fourth-order valence-electron chi connectivity index (χ4n) is 1.36. The number of nitrogens with two attached hydrogens (primary N) is 1. The van der Waals surface area contributed by atoms with Crippen molar-refractivity contribution in [3.05, 3.63) is 23.5 Å². The second-order valence-electron chi connectivity index (χ2n) is 3.02. The molecule has 0 aromatic heterocycles. The van der Waals surface area contributed by atoms with E-state index in [9.17, 15) is 9.18 Å². The molecule has 5 nitrogen and oxygen atoms in total. The Labute approximate surface area is 84.2 Å². The molecule has 0 saturated carbocycles. The van der Waals surface area contributed by atoms with Crippen molar-refractivity contribution < 1.29 is 23.8 Å². The van der Waals surface area contributed by atoms with Crippen LogP contribution >= 0.6 is 0 Å². The molecule has 0 saturated heterocycles. The highest BCUT2D eigenvalue weighted by molar-refractivity contribution is 5.77. The average Bonchev–Trinajstić information content (AvgIpc) is 2.66. The van der Waals surface area contributed by atoms with Gasteiger partial charge in [-0.3, -0.25) is 4.79 Å². The Hall–Kier alpha value is -1.82. The van der Waals surface area contributed by atoms with E-state index in [2.05, 4.69) is 0 Å². The summed E-state index contributed by atoms with van der Waals surface area (Å²) >= 11 is 0. The molecule has 1 aromatic rings. The standard InChI is InChI=1S/C9H8FNO4/c10-5-2-1-4(6(11)9(12)13)7-8(5)15-3-14-7/h1-2,6H,3,11H2,(H,12,13). The molecule has 1 atom stereocenters. The topological polar surface area (TPSA) is 81.8 Å². The molecule has 0 aliphatic carbocycles. The molecule has 80 valence electrons. The highest BCUT2D eigenvalue weighted by Crippen LogP contribution is 2.40. The molecule has 0 bridgehead atoms. The highest BCUT2D eigenvalue weighted by atomic mass is 19.1. The number of ether oxygens (including phenoxy) is 2. The van der Waals surface area contributed by atoms with E-state index < -0.39 is 17.8 Å². The van der Waals surface area contributed by atoms with Gasteiger partial charge < -0.3 is 20.3 Å². The van der Waals surface area contributed by atoms with E-state index in [1.807, 2.05) is 0 Å². The van der Waals surface area contributed by atoms with Crippen LogP contribution in [0, 0.1) is 5.82 Å². The monoisotopic (exact) mass is 213 g/mol. The lowest BCUT2D eigenvalue weighted by Gasteiger charge is -2.09. The summed E-state index contributed by atoms with van der Waals surface area (Å²) in [5.41, 5.74) is 5.61. The molecule has 0 fully saturated rings. The van der Waals surface area contributed by atoms with Crippen LogP contribution in [-0.2, 0) is 4.79 Å². The van der Waals surface area contributed by atoms with Gasteiger partial charge in [-0.2, -0.15) is 0 Å². The molecule has 6 heteroatoms. The number of hydrogen-bond acceptors (Lipinski definition) is 4. The van der Waals surface area contributed by atoms with Gasteiger partial charge in [0.1, 0.15) is 6.04 Å². The number of benzene rings is 1. The first-order chi connectivity index (χ1) is 7.11. The fourth-order valence-corrected chi connectivity index (χ4v) is 1.36. The molecule has 0 amide bonds. The molecule has 1 aliphatic heterocycles. The number of carbonyl (C=O) groups is 1. The first-order valence-corrected chi connectivity index (χ1v) is 4.17. The second kappa shape index (κ2) is 3.39. The SMILES string of the molecule is NC(C(=O)O)c1ccc(F)c2c1OCO2. The quantitative estimate of drug-likeness (QED) is 0.753. The molecule has 3 N–H and O–H groups in total. The van der Waals surface area contributed by atoms with Gasteiger partial charge in [-0.05, 0) is 12.1 Å².